The van der Waals surface area contributed by atoms with Crippen molar-refractivity contribution in [2.75, 3.05) is 55.1 Å². The second-order valence-electron chi connectivity index (χ2n) is 11.4. The van der Waals surface area contributed by atoms with Gasteiger partial charge in [0.15, 0.2) is 5.67 Å². The van der Waals surface area contributed by atoms with Gasteiger partial charge in [-0.1, -0.05) is 6.92 Å². The van der Waals surface area contributed by atoms with E-state index < -0.39 is 27.1 Å². The predicted octanol–water partition coefficient (Wildman–Crippen LogP) is 3.22. The number of alkyl halides is 1. The fourth-order valence-electron chi connectivity index (χ4n) is 5.63. The molecule has 1 aromatic carbocycles. The maximum Gasteiger partial charge on any atom is 0.229 e. The van der Waals surface area contributed by atoms with E-state index in [1.807, 2.05) is 13.0 Å². The van der Waals surface area contributed by atoms with Gasteiger partial charge in [-0.3, -0.25) is 4.98 Å². The van der Waals surface area contributed by atoms with Gasteiger partial charge in [0.2, 0.25) is 5.95 Å². The van der Waals surface area contributed by atoms with Crippen LogP contribution >= 0.6 is 0 Å². The fraction of sp³-hybridized carbons (Fsp3) is 0.414. The Bertz CT molecular complexity index is 1770. The molecule has 234 valence electrons. The molecule has 0 saturated carbocycles. The number of fused-ring (bicyclic) bond motifs is 1. The van der Waals surface area contributed by atoms with Crippen LogP contribution in [0.3, 0.4) is 0 Å². The molecule has 0 radical (unpaired) electrons. The van der Waals surface area contributed by atoms with Crippen LogP contribution in [0.5, 0.6) is 0 Å². The normalized spacial score (nSPS) is 21.8. The van der Waals surface area contributed by atoms with E-state index in [0.29, 0.717) is 24.3 Å². The van der Waals surface area contributed by atoms with Crippen LogP contribution in [-0.2, 0) is 25.0 Å². The Morgan fingerprint density at radius 3 is 2.57 bits per heavy atom. The van der Waals surface area contributed by atoms with Crippen molar-refractivity contribution in [1.29, 1.82) is 0 Å². The predicted molar refractivity (Wildman–Crippen MR) is 158 cm³/mol. The van der Waals surface area contributed by atoms with Gasteiger partial charge < -0.3 is 25.4 Å². The third kappa shape index (κ3) is 5.96. The monoisotopic (exact) mass is 631 g/mol. The van der Waals surface area contributed by atoms with Gasteiger partial charge >= 0.3 is 0 Å². The summed E-state index contributed by atoms with van der Waals surface area (Å²) < 4.78 is 80.2. The number of nitrogens with two attached hydrogens (primary N) is 1. The second kappa shape index (κ2) is 11.6. The molecular formula is C29H32F3N7O4S. The van der Waals surface area contributed by atoms with E-state index in [0.717, 1.165) is 17.8 Å². The van der Waals surface area contributed by atoms with Crippen LogP contribution < -0.4 is 16.0 Å². The highest BCUT2D eigenvalue weighted by molar-refractivity contribution is 7.90. The Hall–Kier alpha value is -3.79. The van der Waals surface area contributed by atoms with Crippen LogP contribution in [-0.4, -0.2) is 85.1 Å². The minimum absolute atomic E-state index is 0.00187. The highest BCUT2D eigenvalue weighted by Gasteiger charge is 2.42. The van der Waals surface area contributed by atoms with Crippen LogP contribution in [0.25, 0.3) is 16.8 Å². The number of halogens is 3. The van der Waals surface area contributed by atoms with Gasteiger partial charge in [0, 0.05) is 37.5 Å². The zero-order valence-electron chi connectivity index (χ0n) is 24.1. The average molecular weight is 632 g/mol. The molecule has 0 unspecified atom stereocenters. The van der Waals surface area contributed by atoms with Crippen molar-refractivity contribution in [3.05, 3.63) is 66.1 Å². The summed E-state index contributed by atoms with van der Waals surface area (Å²) in [5.41, 5.74) is 6.02. The van der Waals surface area contributed by atoms with Crippen LogP contribution in [0.2, 0.25) is 0 Å². The Morgan fingerprint density at radius 1 is 1.16 bits per heavy atom. The Balaban J connectivity index is 1.24. The summed E-state index contributed by atoms with van der Waals surface area (Å²) in [6.45, 7) is 2.60. The minimum atomic E-state index is -3.15. The van der Waals surface area contributed by atoms with Gasteiger partial charge in [-0.25, -0.2) is 26.6 Å². The van der Waals surface area contributed by atoms with Crippen molar-refractivity contribution in [3.63, 3.8) is 0 Å². The average Bonchev–Trinajstić information content (AvgIpc) is 3.34. The number of aromatic nitrogens is 4. The van der Waals surface area contributed by atoms with Crippen LogP contribution in [0.4, 0.5) is 30.5 Å². The Morgan fingerprint density at radius 2 is 1.91 bits per heavy atom. The van der Waals surface area contributed by atoms with Gasteiger partial charge in [0.25, 0.3) is 0 Å². The third-order valence-electron chi connectivity index (χ3n) is 7.93. The van der Waals surface area contributed by atoms with E-state index in [2.05, 4.69) is 25.3 Å². The molecule has 11 nitrogen and oxygen atoms in total. The Kier molecular flexibility index (Phi) is 7.98. The first-order valence-corrected chi connectivity index (χ1v) is 16.1. The summed E-state index contributed by atoms with van der Waals surface area (Å²) in [7, 11) is -3.15. The number of hydrogen-bond donors (Lipinski definition) is 2. The number of anilines is 3. The second-order valence-corrected chi connectivity index (χ2v) is 13.7. The van der Waals surface area contributed by atoms with Crippen molar-refractivity contribution >= 4 is 32.7 Å². The highest BCUT2D eigenvalue weighted by atomic mass is 32.2. The lowest BCUT2D eigenvalue weighted by atomic mass is 9.92. The maximum atomic E-state index is 15.1. The van der Waals surface area contributed by atoms with Gasteiger partial charge in [-0.05, 0) is 35.9 Å². The lowest BCUT2D eigenvalue weighted by molar-refractivity contribution is -0.135. The molecule has 0 spiro atoms. The SMILES string of the molecule is C[C@H]1CN(c2ccncc2Nc2ncc3ccc(-c4c(F)cc(C5(F)COC5)cc4F)nn23)C[C@@H](N)[C@H]1OCCS(C)(=O)=O. The topological polar surface area (TPSA) is 137 Å². The first kappa shape index (κ1) is 30.2. The molecule has 15 heteroatoms. The summed E-state index contributed by atoms with van der Waals surface area (Å²) in [6, 6.07) is 6.51. The molecule has 2 aliphatic heterocycles. The first-order valence-electron chi connectivity index (χ1n) is 14.0. The van der Waals surface area contributed by atoms with Crippen molar-refractivity contribution in [2.24, 2.45) is 11.7 Å². The van der Waals surface area contributed by atoms with E-state index in [1.165, 1.54) is 16.8 Å². The molecule has 4 aromatic rings. The van der Waals surface area contributed by atoms with Crippen molar-refractivity contribution < 1.29 is 31.1 Å². The van der Waals surface area contributed by atoms with Crippen LogP contribution in [0.15, 0.2) is 48.9 Å². The summed E-state index contributed by atoms with van der Waals surface area (Å²) in [5.74, 6) is -1.67. The number of hydrogen-bond acceptors (Lipinski definition) is 10. The molecule has 3 atom stereocenters. The van der Waals surface area contributed by atoms with Gasteiger partial charge in [0.1, 0.15) is 21.5 Å². The number of sulfone groups is 1. The minimum Gasteiger partial charge on any atom is -0.375 e. The molecule has 5 heterocycles. The molecular weight excluding hydrogens is 599 g/mol. The number of benzene rings is 1. The Labute approximate surface area is 252 Å². The summed E-state index contributed by atoms with van der Waals surface area (Å²) in [6.07, 6.45) is 5.70. The number of nitrogens with zero attached hydrogens (tertiary/aromatic N) is 5. The smallest absolute Gasteiger partial charge is 0.229 e. The van der Waals surface area contributed by atoms with Crippen LogP contribution in [0, 0.1) is 17.6 Å². The number of nitrogens with one attached hydrogen (secondary N) is 1. The van der Waals surface area contributed by atoms with Gasteiger partial charge in [-0.2, -0.15) is 9.61 Å². The van der Waals surface area contributed by atoms with E-state index in [9.17, 15) is 12.8 Å². The van der Waals surface area contributed by atoms with Crippen molar-refractivity contribution in [3.8, 4) is 11.3 Å². The lowest BCUT2D eigenvalue weighted by Crippen LogP contribution is -2.57. The van der Waals surface area contributed by atoms with Crippen molar-refractivity contribution in [2.45, 2.75) is 24.7 Å². The van der Waals surface area contributed by atoms with E-state index in [-0.39, 0.29) is 66.4 Å². The molecule has 3 aromatic heterocycles. The number of imidazole rings is 1. The number of pyridine rings is 1. The third-order valence-corrected chi connectivity index (χ3v) is 8.84. The quantitative estimate of drug-likeness (QED) is 0.283. The van der Waals surface area contributed by atoms with E-state index in [4.69, 9.17) is 15.2 Å². The molecule has 2 saturated heterocycles. The molecule has 2 fully saturated rings. The fourth-order valence-corrected chi connectivity index (χ4v) is 6.03. The zero-order chi connectivity index (χ0) is 31.2. The molecule has 44 heavy (non-hydrogen) atoms. The molecule has 6 rings (SSSR count). The zero-order valence-corrected chi connectivity index (χ0v) is 24.9. The first-order chi connectivity index (χ1) is 20.9. The maximum absolute atomic E-state index is 15.1. The molecule has 2 aliphatic rings. The number of rotatable bonds is 9. The standard InChI is InChI=1S/C29H32F3N7O4S/c1-17-13-38(14-22(33)27(17)43-7-8-44(2,40)41)25-5-6-34-12-24(25)36-28-35-11-19-3-4-23(37-39(19)28)26-20(30)9-18(10-21(26)31)29(32)15-42-16-29/h3-6,9-12,17,22,27H,7-8,13-16,33H2,1-2H3,(H,35,36)/t17-,22+,27-/m0/s1. The summed E-state index contributed by atoms with van der Waals surface area (Å²) >= 11 is 0. The molecule has 3 N–H and O–H groups in total. The molecule has 0 bridgehead atoms. The van der Waals surface area contributed by atoms with Gasteiger partial charge in [-0.15, -0.1) is 0 Å². The molecule has 0 amide bonds. The van der Waals surface area contributed by atoms with E-state index >= 15 is 8.78 Å². The van der Waals surface area contributed by atoms with Crippen molar-refractivity contribution in [1.82, 2.24) is 19.6 Å². The van der Waals surface area contributed by atoms with Gasteiger partial charge in [0.05, 0.1) is 72.2 Å². The summed E-state index contributed by atoms with van der Waals surface area (Å²) in [4.78, 5) is 10.7. The van der Waals surface area contributed by atoms with E-state index in [1.54, 1.807) is 24.7 Å². The number of ether oxygens (including phenoxy) is 2. The lowest BCUT2D eigenvalue weighted by Gasteiger charge is -2.42. The largest absolute Gasteiger partial charge is 0.375 e. The molecule has 0 aliphatic carbocycles. The van der Waals surface area contributed by atoms with Crippen LogP contribution in [0.1, 0.15) is 12.5 Å². The highest BCUT2D eigenvalue weighted by Crippen LogP contribution is 2.37. The summed E-state index contributed by atoms with van der Waals surface area (Å²) in [5, 5.41) is 7.68. The number of piperidine rings is 1.